The summed E-state index contributed by atoms with van der Waals surface area (Å²) in [5.41, 5.74) is 5.01. The Kier molecular flexibility index (Phi) is 4.93. The van der Waals surface area contributed by atoms with Gasteiger partial charge in [-0.05, 0) is 43.1 Å². The molecule has 1 fully saturated rings. The van der Waals surface area contributed by atoms with Gasteiger partial charge in [0.2, 0.25) is 0 Å². The van der Waals surface area contributed by atoms with E-state index in [9.17, 15) is 4.79 Å². The molecule has 4 heteroatoms. The lowest BCUT2D eigenvalue weighted by atomic mass is 9.86. The van der Waals surface area contributed by atoms with Crippen LogP contribution in [0.4, 0.5) is 0 Å². The van der Waals surface area contributed by atoms with Gasteiger partial charge in [0, 0.05) is 0 Å². The molecule has 0 spiro atoms. The van der Waals surface area contributed by atoms with Crippen molar-refractivity contribution in [1.82, 2.24) is 0 Å². The van der Waals surface area contributed by atoms with Crippen LogP contribution in [0.15, 0.2) is 0 Å². The molecule has 1 aliphatic rings. The van der Waals surface area contributed by atoms with Crippen molar-refractivity contribution in [3.8, 4) is 0 Å². The van der Waals surface area contributed by atoms with Crippen molar-refractivity contribution in [2.45, 2.75) is 44.6 Å². The maximum absolute atomic E-state index is 11.1. The maximum atomic E-state index is 11.1. The first kappa shape index (κ1) is 12.8. The van der Waals surface area contributed by atoms with Gasteiger partial charge in [0.05, 0.1) is 0 Å². The predicted octanol–water partition coefficient (Wildman–Crippen LogP) is 2.10. The smallest absolute Gasteiger partial charge is 0.323 e. The van der Waals surface area contributed by atoms with E-state index in [1.807, 2.05) is 11.8 Å². The van der Waals surface area contributed by atoms with E-state index in [1.165, 1.54) is 6.42 Å². The molecule has 0 aromatic carbocycles. The van der Waals surface area contributed by atoms with Gasteiger partial charge in [-0.25, -0.2) is 0 Å². The Balaban J connectivity index is 2.37. The summed E-state index contributed by atoms with van der Waals surface area (Å²) in [6.07, 6.45) is 4.72. The number of hydrogen-bond acceptors (Lipinski definition) is 3. The molecule has 1 rings (SSSR count). The van der Waals surface area contributed by atoms with E-state index in [4.69, 9.17) is 10.8 Å². The highest BCUT2D eigenvalue weighted by molar-refractivity contribution is 7.99. The second-order valence-corrected chi connectivity index (χ2v) is 5.56. The van der Waals surface area contributed by atoms with Gasteiger partial charge < -0.3 is 10.8 Å². The minimum absolute atomic E-state index is 0.180. The molecule has 1 aliphatic carbocycles. The van der Waals surface area contributed by atoms with Gasteiger partial charge in [-0.3, -0.25) is 4.79 Å². The Morgan fingerprint density at radius 3 is 2.93 bits per heavy atom. The van der Waals surface area contributed by atoms with Gasteiger partial charge in [-0.1, -0.05) is 13.3 Å². The van der Waals surface area contributed by atoms with Crippen molar-refractivity contribution in [3.05, 3.63) is 0 Å². The highest BCUT2D eigenvalue weighted by Crippen LogP contribution is 2.36. The third-order valence-corrected chi connectivity index (χ3v) is 4.45. The zero-order chi connectivity index (χ0) is 11.3. The van der Waals surface area contributed by atoms with Crippen LogP contribution in [0.3, 0.4) is 0 Å². The molecule has 15 heavy (non-hydrogen) atoms. The van der Waals surface area contributed by atoms with Crippen molar-refractivity contribution in [3.63, 3.8) is 0 Å². The number of hydrogen-bond donors (Lipinski definition) is 2. The lowest BCUT2D eigenvalue weighted by Gasteiger charge is -2.26. The molecule has 0 aromatic heterocycles. The minimum Gasteiger partial charge on any atom is -0.480 e. The van der Waals surface area contributed by atoms with E-state index in [0.29, 0.717) is 6.42 Å². The summed E-state index contributed by atoms with van der Waals surface area (Å²) in [5, 5.41) is 9.11. The molecular formula is C11H21NO2S. The van der Waals surface area contributed by atoms with Crippen molar-refractivity contribution in [2.75, 3.05) is 11.5 Å². The van der Waals surface area contributed by atoms with Gasteiger partial charge >= 0.3 is 5.97 Å². The normalized spacial score (nSPS) is 30.7. The van der Waals surface area contributed by atoms with Crippen LogP contribution in [0.2, 0.25) is 0 Å². The molecule has 0 aromatic rings. The Morgan fingerprint density at radius 1 is 1.60 bits per heavy atom. The summed E-state index contributed by atoms with van der Waals surface area (Å²) in [4.78, 5) is 11.1. The minimum atomic E-state index is -0.938. The Morgan fingerprint density at radius 2 is 2.33 bits per heavy atom. The summed E-state index contributed by atoms with van der Waals surface area (Å²) in [7, 11) is 0. The average molecular weight is 231 g/mol. The monoisotopic (exact) mass is 231 g/mol. The van der Waals surface area contributed by atoms with Gasteiger partial charge in [0.15, 0.2) is 0 Å². The fourth-order valence-corrected chi connectivity index (χ4v) is 3.20. The molecule has 0 heterocycles. The van der Waals surface area contributed by atoms with Crippen LogP contribution in [-0.4, -0.2) is 28.1 Å². The molecule has 0 aliphatic heterocycles. The summed E-state index contributed by atoms with van der Waals surface area (Å²) < 4.78 is 0. The SMILES string of the molecule is CCCSCCC1CCCC1(N)C(=O)O. The lowest BCUT2D eigenvalue weighted by molar-refractivity contribution is -0.144. The summed E-state index contributed by atoms with van der Waals surface area (Å²) >= 11 is 1.90. The van der Waals surface area contributed by atoms with E-state index in [1.54, 1.807) is 0 Å². The lowest BCUT2D eigenvalue weighted by Crippen LogP contribution is -2.51. The first-order valence-electron chi connectivity index (χ1n) is 5.71. The van der Waals surface area contributed by atoms with Crippen LogP contribution in [0.1, 0.15) is 39.0 Å². The van der Waals surface area contributed by atoms with E-state index in [0.717, 1.165) is 30.8 Å². The zero-order valence-electron chi connectivity index (χ0n) is 9.37. The molecule has 2 atom stereocenters. The van der Waals surface area contributed by atoms with Crippen LogP contribution >= 0.6 is 11.8 Å². The standard InChI is InChI=1S/C11H21NO2S/c1-2-7-15-8-5-9-4-3-6-11(9,12)10(13)14/h9H,2-8,12H2,1H3,(H,13,14). The quantitative estimate of drug-likeness (QED) is 0.687. The van der Waals surface area contributed by atoms with Gasteiger partial charge in [-0.2, -0.15) is 11.8 Å². The molecule has 0 saturated heterocycles. The third-order valence-electron chi connectivity index (χ3n) is 3.23. The first-order chi connectivity index (χ1) is 7.11. The topological polar surface area (TPSA) is 63.3 Å². The Labute approximate surface area is 95.8 Å². The van der Waals surface area contributed by atoms with E-state index < -0.39 is 11.5 Å². The Bertz CT molecular complexity index is 223. The summed E-state index contributed by atoms with van der Waals surface area (Å²) in [6.45, 7) is 2.16. The fourth-order valence-electron chi connectivity index (χ4n) is 2.26. The second-order valence-electron chi connectivity index (χ2n) is 4.34. The van der Waals surface area contributed by atoms with E-state index in [2.05, 4.69) is 6.92 Å². The van der Waals surface area contributed by atoms with Gasteiger partial charge in [-0.15, -0.1) is 0 Å². The highest BCUT2D eigenvalue weighted by atomic mass is 32.2. The van der Waals surface area contributed by atoms with Crippen LogP contribution < -0.4 is 5.73 Å². The number of nitrogens with two attached hydrogens (primary N) is 1. The Hall–Kier alpha value is -0.220. The highest BCUT2D eigenvalue weighted by Gasteiger charge is 2.45. The van der Waals surface area contributed by atoms with Crippen molar-refractivity contribution < 1.29 is 9.90 Å². The van der Waals surface area contributed by atoms with Crippen LogP contribution in [-0.2, 0) is 4.79 Å². The maximum Gasteiger partial charge on any atom is 0.323 e. The largest absolute Gasteiger partial charge is 0.480 e. The summed E-state index contributed by atoms with van der Waals surface area (Å²) in [6, 6.07) is 0. The molecule has 3 N–H and O–H groups in total. The van der Waals surface area contributed by atoms with Crippen LogP contribution in [0, 0.1) is 5.92 Å². The molecule has 2 unspecified atom stereocenters. The molecule has 0 bridgehead atoms. The molecule has 3 nitrogen and oxygen atoms in total. The van der Waals surface area contributed by atoms with Crippen molar-refractivity contribution in [2.24, 2.45) is 11.7 Å². The number of carboxylic acids is 1. The molecular weight excluding hydrogens is 210 g/mol. The van der Waals surface area contributed by atoms with Gasteiger partial charge in [0.25, 0.3) is 0 Å². The van der Waals surface area contributed by atoms with E-state index >= 15 is 0 Å². The third kappa shape index (κ3) is 3.11. The molecule has 1 saturated carbocycles. The number of aliphatic carboxylic acids is 1. The van der Waals surface area contributed by atoms with Crippen LogP contribution in [0.5, 0.6) is 0 Å². The molecule has 0 amide bonds. The molecule has 88 valence electrons. The second kappa shape index (κ2) is 5.75. The number of carboxylic acid groups (broad SMARTS) is 1. The fraction of sp³-hybridized carbons (Fsp3) is 0.909. The van der Waals surface area contributed by atoms with E-state index in [-0.39, 0.29) is 5.92 Å². The molecule has 0 radical (unpaired) electrons. The van der Waals surface area contributed by atoms with Gasteiger partial charge in [0.1, 0.15) is 5.54 Å². The van der Waals surface area contributed by atoms with Crippen molar-refractivity contribution in [1.29, 1.82) is 0 Å². The first-order valence-corrected chi connectivity index (χ1v) is 6.86. The number of rotatable bonds is 6. The number of carbonyl (C=O) groups is 1. The summed E-state index contributed by atoms with van der Waals surface area (Å²) in [5.74, 6) is 1.58. The zero-order valence-corrected chi connectivity index (χ0v) is 10.2. The average Bonchev–Trinajstić information content (AvgIpc) is 2.56. The predicted molar refractivity (Wildman–Crippen MR) is 64.1 cm³/mol. The van der Waals surface area contributed by atoms with Crippen molar-refractivity contribution >= 4 is 17.7 Å². The van der Waals surface area contributed by atoms with Crippen LogP contribution in [0.25, 0.3) is 0 Å². The number of thioether (sulfide) groups is 1.